The lowest BCUT2D eigenvalue weighted by atomic mass is 9.88. The van der Waals surface area contributed by atoms with E-state index >= 15 is 0 Å². The number of hydrogen-bond donors (Lipinski definition) is 1. The Labute approximate surface area is 164 Å². The number of aryl methyl sites for hydroxylation is 2. The summed E-state index contributed by atoms with van der Waals surface area (Å²) < 4.78 is 0. The molecule has 2 aliphatic rings. The number of carbonyl (C=O) groups is 1. The number of anilines is 2. The van der Waals surface area contributed by atoms with E-state index in [2.05, 4.69) is 25.2 Å². The molecule has 0 aromatic carbocycles. The SMILES string of the molecule is Cc1nc(Nc2ncc(C)s2)cc(C2CCCN2C(=O)C2CCCCC2)n1. The summed E-state index contributed by atoms with van der Waals surface area (Å²) >= 11 is 1.60. The van der Waals surface area contributed by atoms with Gasteiger partial charge < -0.3 is 10.2 Å². The number of amides is 1. The Kier molecular flexibility index (Phi) is 5.38. The third kappa shape index (κ3) is 4.13. The van der Waals surface area contributed by atoms with Gasteiger partial charge in [0.25, 0.3) is 0 Å². The molecule has 0 radical (unpaired) electrons. The first-order valence-electron chi connectivity index (χ1n) is 9.95. The maximum absolute atomic E-state index is 13.1. The summed E-state index contributed by atoms with van der Waals surface area (Å²) in [6, 6.07) is 2.06. The molecule has 0 spiro atoms. The number of hydrogen-bond acceptors (Lipinski definition) is 6. The van der Waals surface area contributed by atoms with Gasteiger partial charge in [0.15, 0.2) is 5.13 Å². The van der Waals surface area contributed by atoms with Crippen molar-refractivity contribution >= 4 is 28.2 Å². The van der Waals surface area contributed by atoms with Gasteiger partial charge in [0.1, 0.15) is 11.6 Å². The molecule has 1 atom stereocenters. The van der Waals surface area contributed by atoms with Crippen LogP contribution in [0.2, 0.25) is 0 Å². The van der Waals surface area contributed by atoms with Crippen LogP contribution in [-0.2, 0) is 4.79 Å². The van der Waals surface area contributed by atoms with E-state index in [0.717, 1.165) is 59.6 Å². The summed E-state index contributed by atoms with van der Waals surface area (Å²) in [4.78, 5) is 29.9. The third-order valence-corrected chi connectivity index (χ3v) is 6.37. The highest BCUT2D eigenvalue weighted by molar-refractivity contribution is 7.15. The summed E-state index contributed by atoms with van der Waals surface area (Å²) in [5.41, 5.74) is 0.944. The quantitative estimate of drug-likeness (QED) is 0.837. The predicted octanol–water partition coefficient (Wildman–Crippen LogP) is 4.54. The molecule has 2 fully saturated rings. The van der Waals surface area contributed by atoms with Crippen LogP contribution in [0.1, 0.15) is 67.4 Å². The Morgan fingerprint density at radius 2 is 1.96 bits per heavy atom. The van der Waals surface area contributed by atoms with Crippen LogP contribution >= 0.6 is 11.3 Å². The van der Waals surface area contributed by atoms with Gasteiger partial charge in [-0.2, -0.15) is 0 Å². The second-order valence-electron chi connectivity index (χ2n) is 7.65. The van der Waals surface area contributed by atoms with Gasteiger partial charge in [-0.05, 0) is 39.5 Å². The molecule has 6 nitrogen and oxygen atoms in total. The van der Waals surface area contributed by atoms with Crippen molar-refractivity contribution in [2.45, 2.75) is 64.8 Å². The van der Waals surface area contributed by atoms with Crippen molar-refractivity contribution in [3.8, 4) is 0 Å². The molecule has 1 amide bonds. The molecule has 0 bridgehead atoms. The van der Waals surface area contributed by atoms with E-state index in [9.17, 15) is 4.79 Å². The van der Waals surface area contributed by atoms with Crippen molar-refractivity contribution in [2.24, 2.45) is 5.92 Å². The molecule has 3 heterocycles. The standard InChI is InChI=1S/C20H27N5OS/c1-13-12-21-20(27-13)24-18-11-16(22-14(2)23-18)17-9-6-10-25(17)19(26)15-7-4-3-5-8-15/h11-12,15,17H,3-10H2,1-2H3,(H,21,22,23,24). The van der Waals surface area contributed by atoms with Crippen LogP contribution in [-0.4, -0.2) is 32.3 Å². The van der Waals surface area contributed by atoms with Crippen LogP contribution in [0.5, 0.6) is 0 Å². The normalized spacial score (nSPS) is 20.8. The molecule has 4 rings (SSSR count). The van der Waals surface area contributed by atoms with Crippen molar-refractivity contribution in [3.63, 3.8) is 0 Å². The van der Waals surface area contributed by atoms with Gasteiger partial charge >= 0.3 is 0 Å². The van der Waals surface area contributed by atoms with E-state index in [1.165, 1.54) is 19.3 Å². The molecule has 1 N–H and O–H groups in total. The highest BCUT2D eigenvalue weighted by atomic mass is 32.1. The predicted molar refractivity (Wildman–Crippen MR) is 107 cm³/mol. The smallest absolute Gasteiger partial charge is 0.226 e. The minimum absolute atomic E-state index is 0.0692. The second kappa shape index (κ2) is 7.92. The molecule has 2 aromatic heterocycles. The highest BCUT2D eigenvalue weighted by Crippen LogP contribution is 2.36. The van der Waals surface area contributed by atoms with Crippen molar-refractivity contribution in [2.75, 3.05) is 11.9 Å². The van der Waals surface area contributed by atoms with Crippen LogP contribution in [0.4, 0.5) is 10.9 Å². The van der Waals surface area contributed by atoms with Gasteiger partial charge in [-0.15, -0.1) is 11.3 Å². The highest BCUT2D eigenvalue weighted by Gasteiger charge is 2.35. The number of nitrogens with zero attached hydrogens (tertiary/aromatic N) is 4. The second-order valence-corrected chi connectivity index (χ2v) is 8.89. The number of likely N-dealkylation sites (tertiary alicyclic amines) is 1. The van der Waals surface area contributed by atoms with Gasteiger partial charge in [0.05, 0.1) is 11.7 Å². The molecule has 1 aliphatic carbocycles. The van der Waals surface area contributed by atoms with E-state index in [4.69, 9.17) is 0 Å². The first-order chi connectivity index (χ1) is 13.1. The summed E-state index contributed by atoms with van der Waals surface area (Å²) in [6.07, 6.45) is 9.59. The van der Waals surface area contributed by atoms with Crippen molar-refractivity contribution in [1.29, 1.82) is 0 Å². The fourth-order valence-electron chi connectivity index (χ4n) is 4.27. The molecule has 144 valence electrons. The fourth-order valence-corrected chi connectivity index (χ4v) is 4.94. The van der Waals surface area contributed by atoms with Crippen molar-refractivity contribution < 1.29 is 4.79 Å². The van der Waals surface area contributed by atoms with Gasteiger partial charge in [0, 0.05) is 29.6 Å². The van der Waals surface area contributed by atoms with Crippen LogP contribution in [0.15, 0.2) is 12.3 Å². The monoisotopic (exact) mass is 385 g/mol. The first kappa shape index (κ1) is 18.3. The molecule has 27 heavy (non-hydrogen) atoms. The number of nitrogens with one attached hydrogen (secondary N) is 1. The van der Waals surface area contributed by atoms with Gasteiger partial charge in [-0.3, -0.25) is 4.79 Å². The van der Waals surface area contributed by atoms with E-state index in [0.29, 0.717) is 5.91 Å². The molecule has 1 aliphatic heterocycles. The lowest BCUT2D eigenvalue weighted by Gasteiger charge is -2.30. The molecule has 1 saturated heterocycles. The lowest BCUT2D eigenvalue weighted by molar-refractivity contribution is -0.137. The summed E-state index contributed by atoms with van der Waals surface area (Å²) in [5, 5.41) is 4.12. The zero-order valence-electron chi connectivity index (χ0n) is 16.1. The molecule has 7 heteroatoms. The Morgan fingerprint density at radius 3 is 2.70 bits per heavy atom. The van der Waals surface area contributed by atoms with Gasteiger partial charge in [0.2, 0.25) is 5.91 Å². The molecule has 1 saturated carbocycles. The Balaban J connectivity index is 1.55. The van der Waals surface area contributed by atoms with E-state index < -0.39 is 0 Å². The summed E-state index contributed by atoms with van der Waals surface area (Å²) in [7, 11) is 0. The van der Waals surface area contributed by atoms with Crippen molar-refractivity contribution in [1.82, 2.24) is 19.9 Å². The zero-order chi connectivity index (χ0) is 18.8. The minimum Gasteiger partial charge on any atom is -0.334 e. The molecule has 2 aromatic rings. The molecular formula is C20H27N5OS. The number of thiazole rings is 1. The number of carbonyl (C=O) groups excluding carboxylic acids is 1. The van der Waals surface area contributed by atoms with E-state index in [1.807, 2.05) is 26.1 Å². The Bertz CT molecular complexity index is 814. The minimum atomic E-state index is 0.0692. The van der Waals surface area contributed by atoms with Gasteiger partial charge in [-0.25, -0.2) is 15.0 Å². The largest absolute Gasteiger partial charge is 0.334 e. The third-order valence-electron chi connectivity index (χ3n) is 5.55. The topological polar surface area (TPSA) is 71.0 Å². The van der Waals surface area contributed by atoms with E-state index in [1.54, 1.807) is 11.3 Å². The van der Waals surface area contributed by atoms with E-state index in [-0.39, 0.29) is 12.0 Å². The molecular weight excluding hydrogens is 358 g/mol. The van der Waals surface area contributed by atoms with Crippen LogP contribution in [0, 0.1) is 19.8 Å². The summed E-state index contributed by atoms with van der Waals surface area (Å²) in [6.45, 7) is 4.79. The Hall–Kier alpha value is -2.02. The van der Waals surface area contributed by atoms with Gasteiger partial charge in [-0.1, -0.05) is 19.3 Å². The van der Waals surface area contributed by atoms with Crippen molar-refractivity contribution in [3.05, 3.63) is 28.7 Å². The number of aromatic nitrogens is 3. The molecule has 1 unspecified atom stereocenters. The average Bonchev–Trinajstić information content (AvgIpc) is 3.30. The lowest BCUT2D eigenvalue weighted by Crippen LogP contribution is -2.37. The maximum atomic E-state index is 13.1. The Morgan fingerprint density at radius 1 is 1.15 bits per heavy atom. The average molecular weight is 386 g/mol. The van der Waals surface area contributed by atoms with Crippen LogP contribution in [0.3, 0.4) is 0 Å². The first-order valence-corrected chi connectivity index (χ1v) is 10.8. The zero-order valence-corrected chi connectivity index (χ0v) is 16.9. The van der Waals surface area contributed by atoms with Crippen LogP contribution in [0.25, 0.3) is 0 Å². The maximum Gasteiger partial charge on any atom is 0.226 e. The summed E-state index contributed by atoms with van der Waals surface area (Å²) in [5.74, 6) is 2.01. The van der Waals surface area contributed by atoms with Crippen LogP contribution < -0.4 is 5.32 Å². The fraction of sp³-hybridized carbons (Fsp3) is 0.600. The number of rotatable bonds is 4.